The van der Waals surface area contributed by atoms with Crippen molar-refractivity contribution < 1.29 is 9.53 Å². The van der Waals surface area contributed by atoms with Gasteiger partial charge in [0.05, 0.1) is 12.7 Å². The molecule has 0 saturated heterocycles. The highest BCUT2D eigenvalue weighted by Crippen LogP contribution is 2.17. The van der Waals surface area contributed by atoms with E-state index in [1.54, 1.807) is 19.1 Å². The van der Waals surface area contributed by atoms with Gasteiger partial charge in [0.15, 0.2) is 5.92 Å². The van der Waals surface area contributed by atoms with Crippen molar-refractivity contribution in [3.8, 4) is 6.07 Å². The first-order chi connectivity index (χ1) is 7.19. The first kappa shape index (κ1) is 11.3. The molecular weight excluding hydrogens is 190 g/mol. The maximum atomic E-state index is 11.4. The Hall–Kier alpha value is -1.82. The van der Waals surface area contributed by atoms with Gasteiger partial charge in [-0.05, 0) is 19.4 Å². The second-order valence-electron chi connectivity index (χ2n) is 3.22. The summed E-state index contributed by atoms with van der Waals surface area (Å²) in [6.45, 7) is 3.97. The first-order valence-electron chi connectivity index (χ1n) is 4.82. The summed E-state index contributed by atoms with van der Waals surface area (Å²) in [6.07, 6.45) is 0. The minimum atomic E-state index is -0.814. The van der Waals surface area contributed by atoms with Crippen molar-refractivity contribution in [1.29, 1.82) is 5.26 Å². The summed E-state index contributed by atoms with van der Waals surface area (Å²) in [7, 11) is 0. The van der Waals surface area contributed by atoms with Crippen LogP contribution in [0.4, 0.5) is 0 Å². The van der Waals surface area contributed by atoms with Gasteiger partial charge in [0, 0.05) is 0 Å². The van der Waals surface area contributed by atoms with Crippen LogP contribution in [-0.4, -0.2) is 12.6 Å². The lowest BCUT2D eigenvalue weighted by Crippen LogP contribution is -2.14. The molecule has 0 spiro atoms. The third-order valence-corrected chi connectivity index (χ3v) is 2.06. The van der Waals surface area contributed by atoms with E-state index in [0.717, 1.165) is 5.56 Å². The highest BCUT2D eigenvalue weighted by Gasteiger charge is 2.20. The summed E-state index contributed by atoms with van der Waals surface area (Å²) in [5.41, 5.74) is 1.78. The fourth-order valence-electron chi connectivity index (χ4n) is 1.25. The summed E-state index contributed by atoms with van der Waals surface area (Å²) in [5, 5.41) is 8.89. The van der Waals surface area contributed by atoms with Crippen molar-refractivity contribution in [2.75, 3.05) is 6.61 Å². The van der Waals surface area contributed by atoms with Crippen LogP contribution in [0.2, 0.25) is 0 Å². The third-order valence-electron chi connectivity index (χ3n) is 2.06. The second kappa shape index (κ2) is 5.16. The molecule has 0 bridgehead atoms. The molecule has 1 rings (SSSR count). The zero-order chi connectivity index (χ0) is 11.3. The smallest absolute Gasteiger partial charge is 0.327 e. The number of carbonyl (C=O) groups is 1. The predicted molar refractivity (Wildman–Crippen MR) is 56.2 cm³/mol. The van der Waals surface area contributed by atoms with E-state index in [0.29, 0.717) is 12.2 Å². The average molecular weight is 203 g/mol. The van der Waals surface area contributed by atoms with Crippen molar-refractivity contribution in [2.24, 2.45) is 0 Å². The van der Waals surface area contributed by atoms with E-state index in [1.165, 1.54) is 0 Å². The Morgan fingerprint density at radius 3 is 2.53 bits per heavy atom. The summed E-state index contributed by atoms with van der Waals surface area (Å²) in [6, 6.07) is 9.25. The molecule has 0 saturated carbocycles. The first-order valence-corrected chi connectivity index (χ1v) is 4.82. The summed E-state index contributed by atoms with van der Waals surface area (Å²) in [5.74, 6) is -1.30. The lowest BCUT2D eigenvalue weighted by molar-refractivity contribution is -0.143. The van der Waals surface area contributed by atoms with Crippen molar-refractivity contribution in [3.63, 3.8) is 0 Å². The molecule has 0 radical (unpaired) electrons. The van der Waals surface area contributed by atoms with Crippen LogP contribution >= 0.6 is 0 Å². The Bertz CT molecular complexity index is 376. The van der Waals surface area contributed by atoms with Gasteiger partial charge < -0.3 is 4.74 Å². The number of hydrogen-bond acceptors (Lipinski definition) is 3. The van der Waals surface area contributed by atoms with Crippen molar-refractivity contribution in [2.45, 2.75) is 19.8 Å². The largest absolute Gasteiger partial charge is 0.465 e. The SMILES string of the molecule is CCOC(=O)C(C#N)c1ccc(C)cc1. The van der Waals surface area contributed by atoms with Crippen molar-refractivity contribution >= 4 is 5.97 Å². The van der Waals surface area contributed by atoms with Gasteiger partial charge >= 0.3 is 5.97 Å². The number of benzene rings is 1. The standard InChI is InChI=1S/C12H13NO2/c1-3-15-12(14)11(8-13)10-6-4-9(2)5-7-10/h4-7,11H,3H2,1-2H3. The van der Waals surface area contributed by atoms with Crippen LogP contribution in [0.1, 0.15) is 24.0 Å². The molecule has 0 amide bonds. The Morgan fingerprint density at radius 2 is 2.07 bits per heavy atom. The Kier molecular flexibility index (Phi) is 3.87. The Labute approximate surface area is 89.3 Å². The monoisotopic (exact) mass is 203 g/mol. The molecule has 0 aliphatic heterocycles. The van der Waals surface area contributed by atoms with Crippen LogP contribution in [0.25, 0.3) is 0 Å². The van der Waals surface area contributed by atoms with E-state index in [9.17, 15) is 4.79 Å². The Morgan fingerprint density at radius 1 is 1.47 bits per heavy atom. The molecule has 0 N–H and O–H groups in total. The van der Waals surface area contributed by atoms with Gasteiger partial charge in [-0.2, -0.15) is 5.26 Å². The van der Waals surface area contributed by atoms with Gasteiger partial charge in [-0.15, -0.1) is 0 Å². The van der Waals surface area contributed by atoms with Crippen LogP contribution in [0.15, 0.2) is 24.3 Å². The zero-order valence-corrected chi connectivity index (χ0v) is 8.86. The number of ether oxygens (including phenoxy) is 1. The molecule has 78 valence electrons. The topological polar surface area (TPSA) is 50.1 Å². The zero-order valence-electron chi connectivity index (χ0n) is 8.86. The molecule has 3 heteroatoms. The highest BCUT2D eigenvalue weighted by molar-refractivity contribution is 5.81. The van der Waals surface area contributed by atoms with Crippen molar-refractivity contribution in [3.05, 3.63) is 35.4 Å². The molecule has 3 nitrogen and oxygen atoms in total. The number of nitrogens with zero attached hydrogens (tertiary/aromatic N) is 1. The van der Waals surface area contributed by atoms with Gasteiger partial charge in [0.25, 0.3) is 0 Å². The van der Waals surface area contributed by atoms with E-state index >= 15 is 0 Å². The molecule has 0 aliphatic carbocycles. The van der Waals surface area contributed by atoms with Crippen LogP contribution in [-0.2, 0) is 9.53 Å². The van der Waals surface area contributed by atoms with Crippen molar-refractivity contribution in [1.82, 2.24) is 0 Å². The highest BCUT2D eigenvalue weighted by atomic mass is 16.5. The summed E-state index contributed by atoms with van der Waals surface area (Å²) >= 11 is 0. The molecule has 0 aromatic heterocycles. The number of esters is 1. The van der Waals surface area contributed by atoms with E-state index in [-0.39, 0.29) is 0 Å². The molecule has 0 aliphatic rings. The molecule has 1 unspecified atom stereocenters. The lowest BCUT2D eigenvalue weighted by atomic mass is 10.00. The number of hydrogen-bond donors (Lipinski definition) is 0. The summed E-state index contributed by atoms with van der Waals surface area (Å²) in [4.78, 5) is 11.4. The van der Waals surface area contributed by atoms with Gasteiger partial charge in [0.2, 0.25) is 0 Å². The summed E-state index contributed by atoms with van der Waals surface area (Å²) < 4.78 is 4.82. The number of carbonyl (C=O) groups excluding carboxylic acids is 1. The third kappa shape index (κ3) is 2.81. The molecule has 15 heavy (non-hydrogen) atoms. The Balaban J connectivity index is 2.89. The molecule has 1 atom stereocenters. The van der Waals surface area contributed by atoms with E-state index < -0.39 is 11.9 Å². The van der Waals surface area contributed by atoms with Crippen LogP contribution in [0, 0.1) is 18.3 Å². The fourth-order valence-corrected chi connectivity index (χ4v) is 1.25. The van der Waals surface area contributed by atoms with Gasteiger partial charge in [-0.25, -0.2) is 0 Å². The maximum Gasteiger partial charge on any atom is 0.327 e. The number of aryl methyl sites for hydroxylation is 1. The molecular formula is C12H13NO2. The molecule has 0 heterocycles. The van der Waals surface area contributed by atoms with E-state index in [2.05, 4.69) is 0 Å². The van der Waals surface area contributed by atoms with E-state index in [4.69, 9.17) is 10.00 Å². The lowest BCUT2D eigenvalue weighted by Gasteiger charge is -2.08. The minimum Gasteiger partial charge on any atom is -0.465 e. The van der Waals surface area contributed by atoms with Crippen LogP contribution in [0.3, 0.4) is 0 Å². The normalized spacial score (nSPS) is 11.5. The van der Waals surface area contributed by atoms with Crippen LogP contribution < -0.4 is 0 Å². The quantitative estimate of drug-likeness (QED) is 0.707. The van der Waals surface area contributed by atoms with E-state index in [1.807, 2.05) is 25.1 Å². The average Bonchev–Trinajstić information content (AvgIpc) is 2.22. The predicted octanol–water partition coefficient (Wildman–Crippen LogP) is 2.17. The van der Waals surface area contributed by atoms with Gasteiger partial charge in [0.1, 0.15) is 0 Å². The molecule has 1 aromatic rings. The maximum absolute atomic E-state index is 11.4. The fraction of sp³-hybridized carbons (Fsp3) is 0.333. The number of rotatable bonds is 3. The van der Waals surface area contributed by atoms with Crippen LogP contribution in [0.5, 0.6) is 0 Å². The number of nitriles is 1. The minimum absolute atomic E-state index is 0.295. The second-order valence-corrected chi connectivity index (χ2v) is 3.22. The molecule has 1 aromatic carbocycles. The van der Waals surface area contributed by atoms with Gasteiger partial charge in [-0.3, -0.25) is 4.79 Å². The van der Waals surface area contributed by atoms with Gasteiger partial charge in [-0.1, -0.05) is 29.8 Å². The molecule has 0 fully saturated rings.